The number of nitro benzene ring substituents is 1. The van der Waals surface area contributed by atoms with Crippen LogP contribution in [0.25, 0.3) is 0 Å². The second-order valence-electron chi connectivity index (χ2n) is 3.54. The van der Waals surface area contributed by atoms with Gasteiger partial charge < -0.3 is 5.32 Å². The molecular weight excluding hydrogens is 192 g/mol. The van der Waals surface area contributed by atoms with Gasteiger partial charge in [0, 0.05) is 24.4 Å². The molecule has 1 rings (SSSR count). The smallest absolute Gasteiger partial charge is 0.271 e. The number of unbranched alkanes of at least 4 members (excludes halogenated alkanes) is 1. The van der Waals surface area contributed by atoms with Gasteiger partial charge in [-0.25, -0.2) is 0 Å². The molecule has 0 saturated heterocycles. The molecule has 15 heavy (non-hydrogen) atoms. The maximum absolute atomic E-state index is 10.6. The molecule has 1 aromatic rings. The highest BCUT2D eigenvalue weighted by Gasteiger charge is 2.07. The second-order valence-corrected chi connectivity index (χ2v) is 3.54. The summed E-state index contributed by atoms with van der Waals surface area (Å²) in [5, 5.41) is 13.8. The van der Waals surface area contributed by atoms with E-state index in [9.17, 15) is 10.1 Å². The molecule has 82 valence electrons. The van der Waals surface area contributed by atoms with Crippen molar-refractivity contribution in [3.8, 4) is 0 Å². The topological polar surface area (TPSA) is 55.2 Å². The van der Waals surface area contributed by atoms with Gasteiger partial charge in [0.1, 0.15) is 0 Å². The lowest BCUT2D eigenvalue weighted by molar-refractivity contribution is -0.384. The van der Waals surface area contributed by atoms with Crippen molar-refractivity contribution < 1.29 is 4.92 Å². The lowest BCUT2D eigenvalue weighted by atomic mass is 10.2. The van der Waals surface area contributed by atoms with E-state index >= 15 is 0 Å². The highest BCUT2D eigenvalue weighted by atomic mass is 16.6. The van der Waals surface area contributed by atoms with Crippen molar-refractivity contribution in [3.05, 3.63) is 33.9 Å². The Morgan fingerprint density at radius 3 is 2.80 bits per heavy atom. The number of aryl methyl sites for hydroxylation is 1. The van der Waals surface area contributed by atoms with E-state index in [0.29, 0.717) is 0 Å². The molecule has 0 atom stereocenters. The fourth-order valence-corrected chi connectivity index (χ4v) is 1.31. The summed E-state index contributed by atoms with van der Waals surface area (Å²) in [6.07, 6.45) is 2.18. The van der Waals surface area contributed by atoms with E-state index in [1.165, 1.54) is 6.07 Å². The van der Waals surface area contributed by atoms with E-state index in [0.717, 1.165) is 30.6 Å². The zero-order valence-electron chi connectivity index (χ0n) is 9.12. The number of hydrogen-bond acceptors (Lipinski definition) is 3. The van der Waals surface area contributed by atoms with Gasteiger partial charge in [-0.15, -0.1) is 0 Å². The number of nitrogens with one attached hydrogen (secondary N) is 1. The Morgan fingerprint density at radius 1 is 1.47 bits per heavy atom. The lowest BCUT2D eigenvalue weighted by Crippen LogP contribution is -2.03. The first kappa shape index (κ1) is 11.5. The first-order chi connectivity index (χ1) is 7.15. The maximum atomic E-state index is 10.6. The van der Waals surface area contributed by atoms with E-state index in [4.69, 9.17) is 0 Å². The van der Waals surface area contributed by atoms with Crippen molar-refractivity contribution in [2.45, 2.75) is 26.7 Å². The molecule has 0 saturated carbocycles. The molecule has 1 N–H and O–H groups in total. The van der Waals surface area contributed by atoms with Gasteiger partial charge in [-0.3, -0.25) is 10.1 Å². The van der Waals surface area contributed by atoms with Crippen LogP contribution in [0.3, 0.4) is 0 Å². The summed E-state index contributed by atoms with van der Waals surface area (Å²) >= 11 is 0. The molecule has 0 aliphatic carbocycles. The van der Waals surface area contributed by atoms with Crippen LogP contribution in [0.1, 0.15) is 25.3 Å². The van der Waals surface area contributed by atoms with Gasteiger partial charge in [-0.05, 0) is 18.9 Å². The molecule has 0 amide bonds. The van der Waals surface area contributed by atoms with Crippen LogP contribution in [0.2, 0.25) is 0 Å². The Labute approximate surface area is 89.5 Å². The molecule has 0 radical (unpaired) electrons. The van der Waals surface area contributed by atoms with Crippen molar-refractivity contribution in [1.29, 1.82) is 0 Å². The molecule has 0 unspecified atom stereocenters. The van der Waals surface area contributed by atoms with Crippen LogP contribution in [-0.4, -0.2) is 11.5 Å². The molecule has 0 aliphatic heterocycles. The largest absolute Gasteiger partial charge is 0.385 e. The summed E-state index contributed by atoms with van der Waals surface area (Å²) in [5.74, 6) is 0. The van der Waals surface area contributed by atoms with Crippen molar-refractivity contribution in [2.24, 2.45) is 0 Å². The van der Waals surface area contributed by atoms with Crippen LogP contribution in [0.5, 0.6) is 0 Å². The SMILES string of the molecule is CCCCNc1cc([N+](=O)[O-])ccc1C. The monoisotopic (exact) mass is 208 g/mol. The molecule has 0 aromatic heterocycles. The van der Waals surface area contributed by atoms with Crippen molar-refractivity contribution in [3.63, 3.8) is 0 Å². The predicted octanol–water partition coefficient (Wildman–Crippen LogP) is 3.12. The van der Waals surface area contributed by atoms with Gasteiger partial charge in [-0.1, -0.05) is 19.4 Å². The van der Waals surface area contributed by atoms with Gasteiger partial charge >= 0.3 is 0 Å². The number of anilines is 1. The lowest BCUT2D eigenvalue weighted by Gasteiger charge is -2.08. The van der Waals surface area contributed by atoms with Crippen molar-refractivity contribution in [2.75, 3.05) is 11.9 Å². The van der Waals surface area contributed by atoms with E-state index < -0.39 is 0 Å². The third-order valence-corrected chi connectivity index (χ3v) is 2.28. The highest BCUT2D eigenvalue weighted by Crippen LogP contribution is 2.21. The molecule has 0 bridgehead atoms. The summed E-state index contributed by atoms with van der Waals surface area (Å²) in [5.41, 5.74) is 2.04. The Balaban J connectivity index is 2.76. The molecule has 0 heterocycles. The van der Waals surface area contributed by atoms with E-state index in [2.05, 4.69) is 12.2 Å². The summed E-state index contributed by atoms with van der Waals surface area (Å²) < 4.78 is 0. The van der Waals surface area contributed by atoms with Crippen LogP contribution in [0.15, 0.2) is 18.2 Å². The zero-order valence-corrected chi connectivity index (χ0v) is 9.12. The minimum absolute atomic E-state index is 0.139. The minimum atomic E-state index is -0.371. The summed E-state index contributed by atoms with van der Waals surface area (Å²) in [6, 6.07) is 4.89. The number of rotatable bonds is 5. The second kappa shape index (κ2) is 5.34. The standard InChI is InChI=1S/C11H16N2O2/c1-3-4-7-12-11-8-10(13(14)15)6-5-9(11)2/h5-6,8,12H,3-4,7H2,1-2H3. The molecule has 4 nitrogen and oxygen atoms in total. The Bertz CT molecular complexity index is 350. The van der Waals surface area contributed by atoms with Crippen LogP contribution >= 0.6 is 0 Å². The molecule has 4 heteroatoms. The quantitative estimate of drug-likeness (QED) is 0.459. The number of benzene rings is 1. The van der Waals surface area contributed by atoms with Gasteiger partial charge in [0.05, 0.1) is 4.92 Å². The van der Waals surface area contributed by atoms with Crippen LogP contribution in [0, 0.1) is 17.0 Å². The number of hydrogen-bond donors (Lipinski definition) is 1. The third kappa shape index (κ3) is 3.23. The number of nitro groups is 1. The summed E-state index contributed by atoms with van der Waals surface area (Å²) in [7, 11) is 0. The fourth-order valence-electron chi connectivity index (χ4n) is 1.31. The van der Waals surface area contributed by atoms with Crippen LogP contribution in [-0.2, 0) is 0 Å². The first-order valence-electron chi connectivity index (χ1n) is 5.14. The number of nitrogens with zero attached hydrogens (tertiary/aromatic N) is 1. The average molecular weight is 208 g/mol. The van der Waals surface area contributed by atoms with Gasteiger partial charge in [-0.2, -0.15) is 0 Å². The Hall–Kier alpha value is -1.58. The Kier molecular flexibility index (Phi) is 4.09. The first-order valence-corrected chi connectivity index (χ1v) is 5.14. The van der Waals surface area contributed by atoms with Crippen molar-refractivity contribution >= 4 is 11.4 Å². The zero-order chi connectivity index (χ0) is 11.3. The fraction of sp³-hybridized carbons (Fsp3) is 0.455. The van der Waals surface area contributed by atoms with Gasteiger partial charge in [0.15, 0.2) is 0 Å². The van der Waals surface area contributed by atoms with E-state index in [1.807, 2.05) is 6.92 Å². The summed E-state index contributed by atoms with van der Waals surface area (Å²) in [4.78, 5) is 10.2. The average Bonchev–Trinajstić information content (AvgIpc) is 2.20. The van der Waals surface area contributed by atoms with E-state index in [-0.39, 0.29) is 10.6 Å². The van der Waals surface area contributed by atoms with Gasteiger partial charge in [0.25, 0.3) is 5.69 Å². The normalized spacial score (nSPS) is 10.0. The van der Waals surface area contributed by atoms with Crippen LogP contribution in [0.4, 0.5) is 11.4 Å². The molecule has 0 spiro atoms. The molecule has 0 aliphatic rings. The van der Waals surface area contributed by atoms with E-state index in [1.54, 1.807) is 12.1 Å². The molecule has 1 aromatic carbocycles. The maximum Gasteiger partial charge on any atom is 0.271 e. The number of non-ortho nitro benzene ring substituents is 1. The van der Waals surface area contributed by atoms with Crippen molar-refractivity contribution in [1.82, 2.24) is 0 Å². The highest BCUT2D eigenvalue weighted by molar-refractivity contribution is 5.56. The minimum Gasteiger partial charge on any atom is -0.385 e. The van der Waals surface area contributed by atoms with Gasteiger partial charge in [0.2, 0.25) is 0 Å². The molecular formula is C11H16N2O2. The van der Waals surface area contributed by atoms with Crippen LogP contribution < -0.4 is 5.32 Å². The summed E-state index contributed by atoms with van der Waals surface area (Å²) in [6.45, 7) is 4.92. The predicted molar refractivity (Wildman–Crippen MR) is 61.2 cm³/mol. The Morgan fingerprint density at radius 2 is 2.20 bits per heavy atom. The molecule has 0 fully saturated rings. The third-order valence-electron chi connectivity index (χ3n) is 2.28.